The van der Waals surface area contributed by atoms with Gasteiger partial charge in [0.05, 0.1) is 6.10 Å². The Hall–Kier alpha value is -1.12. The van der Waals surface area contributed by atoms with Crippen molar-refractivity contribution in [3.63, 3.8) is 0 Å². The third kappa shape index (κ3) is 3.31. The molecule has 0 radical (unpaired) electrons. The Kier molecular flexibility index (Phi) is 5.00. The Morgan fingerprint density at radius 3 is 2.35 bits per heavy atom. The van der Waals surface area contributed by atoms with Gasteiger partial charge in [0.2, 0.25) is 0 Å². The van der Waals surface area contributed by atoms with Gasteiger partial charge in [-0.2, -0.15) is 5.10 Å². The van der Waals surface area contributed by atoms with E-state index in [2.05, 4.69) is 10.5 Å². The summed E-state index contributed by atoms with van der Waals surface area (Å²) < 4.78 is 0. The topological polar surface area (TPSA) is 105 Å². The molecule has 0 bridgehead atoms. The lowest BCUT2D eigenvalue weighted by atomic mass is 10.0. The summed E-state index contributed by atoms with van der Waals surface area (Å²) in [4.78, 5) is 0. The summed E-state index contributed by atoms with van der Waals surface area (Å²) in [5.74, 6) is 0. The smallest absolute Gasteiger partial charge is 0.125 e. The van der Waals surface area contributed by atoms with Gasteiger partial charge in [-0.25, -0.2) is 0 Å². The SMILES string of the molecule is C[C@@H](O)[C@@H](O)[C@H](O)[C@H](O)[C@@H]1NN=C(c2ccccc2)S1. The molecule has 20 heavy (non-hydrogen) atoms. The summed E-state index contributed by atoms with van der Waals surface area (Å²) in [5.41, 5.74) is 3.64. The molecule has 6 nitrogen and oxygen atoms in total. The van der Waals surface area contributed by atoms with Crippen molar-refractivity contribution in [1.29, 1.82) is 0 Å². The van der Waals surface area contributed by atoms with Gasteiger partial charge in [0, 0.05) is 5.56 Å². The summed E-state index contributed by atoms with van der Waals surface area (Å²) in [6.07, 6.45) is -5.24. The van der Waals surface area contributed by atoms with Crippen LogP contribution in [0.4, 0.5) is 0 Å². The van der Waals surface area contributed by atoms with Crippen molar-refractivity contribution in [3.8, 4) is 0 Å². The summed E-state index contributed by atoms with van der Waals surface area (Å²) in [5, 5.41) is 42.9. The predicted octanol–water partition coefficient (Wildman–Crippen LogP) is -0.526. The molecule has 0 aliphatic carbocycles. The maximum atomic E-state index is 10.0. The molecular weight excluding hydrogens is 280 g/mol. The molecule has 5 atom stereocenters. The molecule has 2 rings (SSSR count). The van der Waals surface area contributed by atoms with Crippen LogP contribution in [0.3, 0.4) is 0 Å². The molecule has 0 unspecified atom stereocenters. The monoisotopic (exact) mass is 298 g/mol. The third-order valence-corrected chi connectivity index (χ3v) is 4.25. The van der Waals surface area contributed by atoms with E-state index in [1.54, 1.807) is 0 Å². The number of thioether (sulfide) groups is 1. The molecule has 7 heteroatoms. The molecule has 0 saturated carbocycles. The minimum atomic E-state index is -1.45. The molecule has 5 N–H and O–H groups in total. The van der Waals surface area contributed by atoms with Crippen LogP contribution in [0.2, 0.25) is 0 Å². The molecule has 1 aliphatic heterocycles. The fourth-order valence-corrected chi connectivity index (χ4v) is 2.85. The van der Waals surface area contributed by atoms with Gasteiger partial charge in [0.15, 0.2) is 0 Å². The van der Waals surface area contributed by atoms with Crippen molar-refractivity contribution in [2.45, 2.75) is 36.7 Å². The Bertz CT molecular complexity index is 469. The number of aliphatic hydroxyl groups excluding tert-OH is 4. The predicted molar refractivity (Wildman–Crippen MR) is 77.2 cm³/mol. The van der Waals surface area contributed by atoms with Crippen molar-refractivity contribution in [2.24, 2.45) is 5.10 Å². The lowest BCUT2D eigenvalue weighted by Crippen LogP contribution is -2.49. The Balaban J connectivity index is 1.97. The number of hydrogen-bond acceptors (Lipinski definition) is 7. The second kappa shape index (κ2) is 6.55. The quantitative estimate of drug-likeness (QED) is 0.501. The molecule has 0 amide bonds. The van der Waals surface area contributed by atoms with Crippen LogP contribution in [0.5, 0.6) is 0 Å². The van der Waals surface area contributed by atoms with Crippen molar-refractivity contribution < 1.29 is 20.4 Å². The highest BCUT2D eigenvalue weighted by atomic mass is 32.2. The number of aliphatic hydroxyl groups is 4. The van der Waals surface area contributed by atoms with E-state index in [0.717, 1.165) is 5.56 Å². The normalized spacial score (nSPS) is 24.4. The van der Waals surface area contributed by atoms with E-state index in [9.17, 15) is 20.4 Å². The first-order valence-electron chi connectivity index (χ1n) is 6.28. The summed E-state index contributed by atoms with van der Waals surface area (Å²) in [6.45, 7) is 1.35. The number of rotatable bonds is 5. The minimum absolute atomic E-state index is 0.575. The molecule has 0 aromatic heterocycles. The van der Waals surface area contributed by atoms with Crippen LogP contribution >= 0.6 is 11.8 Å². The minimum Gasteiger partial charge on any atom is -0.391 e. The summed E-state index contributed by atoms with van der Waals surface area (Å²) >= 11 is 1.27. The number of nitrogens with zero attached hydrogens (tertiary/aromatic N) is 1. The Morgan fingerprint density at radius 1 is 1.10 bits per heavy atom. The first-order valence-corrected chi connectivity index (χ1v) is 7.16. The number of benzene rings is 1. The van der Waals surface area contributed by atoms with Gasteiger partial charge in [0.25, 0.3) is 0 Å². The fourth-order valence-electron chi connectivity index (χ4n) is 1.82. The van der Waals surface area contributed by atoms with Crippen molar-refractivity contribution >= 4 is 16.8 Å². The van der Waals surface area contributed by atoms with E-state index in [0.29, 0.717) is 5.04 Å². The Labute approximate surface area is 121 Å². The van der Waals surface area contributed by atoms with Gasteiger partial charge in [0.1, 0.15) is 28.7 Å². The van der Waals surface area contributed by atoms with Crippen molar-refractivity contribution in [1.82, 2.24) is 5.43 Å². The zero-order valence-electron chi connectivity index (χ0n) is 10.9. The molecule has 110 valence electrons. The largest absolute Gasteiger partial charge is 0.391 e. The maximum Gasteiger partial charge on any atom is 0.125 e. The maximum absolute atomic E-state index is 10.0. The first kappa shape index (κ1) is 15.3. The highest BCUT2D eigenvalue weighted by molar-refractivity contribution is 8.15. The van der Waals surface area contributed by atoms with Gasteiger partial charge >= 0.3 is 0 Å². The number of hydrazone groups is 1. The number of nitrogens with one attached hydrogen (secondary N) is 1. The first-order chi connectivity index (χ1) is 9.50. The van der Waals surface area contributed by atoms with Crippen molar-refractivity contribution in [2.75, 3.05) is 0 Å². The zero-order chi connectivity index (χ0) is 14.7. The van der Waals surface area contributed by atoms with Gasteiger partial charge in [-0.3, -0.25) is 5.43 Å². The molecule has 1 heterocycles. The highest BCUT2D eigenvalue weighted by Gasteiger charge is 2.36. The lowest BCUT2D eigenvalue weighted by Gasteiger charge is -2.27. The zero-order valence-corrected chi connectivity index (χ0v) is 11.7. The van der Waals surface area contributed by atoms with Gasteiger partial charge in [-0.05, 0) is 6.92 Å². The molecule has 0 saturated heterocycles. The van der Waals surface area contributed by atoms with Gasteiger partial charge < -0.3 is 20.4 Å². The van der Waals surface area contributed by atoms with Crippen LogP contribution in [-0.2, 0) is 0 Å². The highest BCUT2D eigenvalue weighted by Crippen LogP contribution is 2.26. The van der Waals surface area contributed by atoms with E-state index < -0.39 is 29.8 Å². The van der Waals surface area contributed by atoms with E-state index in [1.807, 2.05) is 30.3 Å². The van der Waals surface area contributed by atoms with E-state index in [-0.39, 0.29) is 0 Å². The van der Waals surface area contributed by atoms with E-state index >= 15 is 0 Å². The lowest BCUT2D eigenvalue weighted by molar-refractivity contribution is -0.101. The second-order valence-corrected chi connectivity index (χ2v) is 5.79. The van der Waals surface area contributed by atoms with Crippen LogP contribution in [0.25, 0.3) is 0 Å². The summed E-state index contributed by atoms with van der Waals surface area (Å²) in [7, 11) is 0. The third-order valence-electron chi connectivity index (χ3n) is 3.06. The van der Waals surface area contributed by atoms with Crippen molar-refractivity contribution in [3.05, 3.63) is 35.9 Å². The van der Waals surface area contributed by atoms with Crippen LogP contribution in [0.15, 0.2) is 35.4 Å². The summed E-state index contributed by atoms with van der Waals surface area (Å²) in [6, 6.07) is 9.45. The van der Waals surface area contributed by atoms with Gasteiger partial charge in [-0.15, -0.1) is 0 Å². The number of hydrogen-bond donors (Lipinski definition) is 5. The average molecular weight is 298 g/mol. The standard InChI is InChI=1S/C13H18N2O4S/c1-7(16)9(17)10(18)11(19)13-15-14-12(20-13)8-5-3-2-4-6-8/h2-7,9-11,13,15-19H,1H3/t7-,9-,10+,11+,13-/m1/s1. The van der Waals surface area contributed by atoms with Crippen LogP contribution < -0.4 is 5.43 Å². The van der Waals surface area contributed by atoms with Gasteiger partial charge in [-0.1, -0.05) is 42.1 Å². The molecular formula is C13H18N2O4S. The Morgan fingerprint density at radius 2 is 1.75 bits per heavy atom. The molecule has 1 aromatic rings. The second-order valence-electron chi connectivity index (χ2n) is 4.66. The molecule has 1 aromatic carbocycles. The van der Waals surface area contributed by atoms with Crippen LogP contribution in [-0.4, -0.2) is 55.3 Å². The van der Waals surface area contributed by atoms with E-state index in [1.165, 1.54) is 18.7 Å². The molecule has 0 spiro atoms. The molecule has 1 aliphatic rings. The van der Waals surface area contributed by atoms with Crippen LogP contribution in [0, 0.1) is 0 Å². The van der Waals surface area contributed by atoms with Crippen LogP contribution in [0.1, 0.15) is 12.5 Å². The molecule has 0 fully saturated rings. The van der Waals surface area contributed by atoms with E-state index in [4.69, 9.17) is 0 Å². The fraction of sp³-hybridized carbons (Fsp3) is 0.462. The average Bonchev–Trinajstić information content (AvgIpc) is 2.95.